The van der Waals surface area contributed by atoms with Crippen LogP contribution < -0.4 is 4.90 Å². The summed E-state index contributed by atoms with van der Waals surface area (Å²) in [4.78, 5) is 4.71. The molecule has 0 bridgehead atoms. The average Bonchev–Trinajstić information content (AvgIpc) is 2.62. The van der Waals surface area contributed by atoms with E-state index in [1.807, 2.05) is 12.1 Å². The van der Waals surface area contributed by atoms with Crippen LogP contribution in [0.1, 0.15) is 24.0 Å². The summed E-state index contributed by atoms with van der Waals surface area (Å²) < 4.78 is 5.42. The van der Waals surface area contributed by atoms with E-state index in [2.05, 4.69) is 21.9 Å². The van der Waals surface area contributed by atoms with Gasteiger partial charge in [0.2, 0.25) is 0 Å². The average molecular weight is 310 g/mol. The van der Waals surface area contributed by atoms with Crippen LogP contribution in [0.15, 0.2) is 18.2 Å². The summed E-state index contributed by atoms with van der Waals surface area (Å²) in [5.74, 6) is 0.583. The molecule has 120 valence electrons. The number of nitriles is 2. The summed E-state index contributed by atoms with van der Waals surface area (Å²) in [6.45, 7) is 6.59. The Hall–Kier alpha value is -2.08. The van der Waals surface area contributed by atoms with Gasteiger partial charge in [-0.25, -0.2) is 0 Å². The lowest BCUT2D eigenvalue weighted by Gasteiger charge is -2.38. The van der Waals surface area contributed by atoms with Crippen molar-refractivity contribution in [2.24, 2.45) is 5.92 Å². The van der Waals surface area contributed by atoms with Crippen molar-refractivity contribution in [2.75, 3.05) is 50.8 Å². The summed E-state index contributed by atoms with van der Waals surface area (Å²) in [7, 11) is 0. The van der Waals surface area contributed by atoms with Crippen molar-refractivity contribution in [1.82, 2.24) is 4.90 Å². The Bertz CT molecular complexity index is 593. The summed E-state index contributed by atoms with van der Waals surface area (Å²) in [5, 5.41) is 18.8. The molecule has 5 heteroatoms. The van der Waals surface area contributed by atoms with E-state index in [9.17, 15) is 10.5 Å². The molecule has 2 saturated heterocycles. The first-order chi connectivity index (χ1) is 11.3. The van der Waals surface area contributed by atoms with Crippen molar-refractivity contribution < 1.29 is 4.74 Å². The lowest BCUT2D eigenvalue weighted by molar-refractivity contribution is 0.0296. The number of para-hydroxylation sites is 1. The third kappa shape index (κ3) is 3.64. The molecule has 0 saturated carbocycles. The molecule has 1 aromatic rings. The van der Waals surface area contributed by atoms with Gasteiger partial charge in [0, 0.05) is 32.7 Å². The number of nitrogens with zero attached hydrogens (tertiary/aromatic N) is 4. The van der Waals surface area contributed by atoms with Gasteiger partial charge in [0.15, 0.2) is 0 Å². The number of hydrogen-bond donors (Lipinski definition) is 0. The van der Waals surface area contributed by atoms with Gasteiger partial charge in [0.05, 0.1) is 30.0 Å². The van der Waals surface area contributed by atoms with E-state index in [0.717, 1.165) is 58.0 Å². The van der Waals surface area contributed by atoms with Gasteiger partial charge in [-0.05, 0) is 30.9 Å². The minimum Gasteiger partial charge on any atom is -0.379 e. The topological polar surface area (TPSA) is 63.3 Å². The quantitative estimate of drug-likeness (QED) is 0.854. The van der Waals surface area contributed by atoms with Crippen LogP contribution in [-0.2, 0) is 4.74 Å². The first-order valence-electron chi connectivity index (χ1n) is 8.30. The molecular formula is C18H22N4O. The lowest BCUT2D eigenvalue weighted by atomic mass is 9.95. The zero-order chi connectivity index (χ0) is 16.1. The predicted octanol–water partition coefficient (Wildman–Crippen LogP) is 1.98. The standard InChI is InChI=1S/C18H22N4O/c19-11-16-4-1-5-17(12-20)18(16)22-6-2-3-15(14-22)13-21-7-9-23-10-8-21/h1,4-5,15H,2-3,6-10,13-14H2/t15-/m1/s1. The smallest absolute Gasteiger partial charge is 0.101 e. The molecule has 0 spiro atoms. The highest BCUT2D eigenvalue weighted by Crippen LogP contribution is 2.29. The minimum absolute atomic E-state index is 0.583. The van der Waals surface area contributed by atoms with E-state index >= 15 is 0 Å². The fourth-order valence-electron chi connectivity index (χ4n) is 3.63. The molecule has 0 aliphatic carbocycles. The zero-order valence-electron chi connectivity index (χ0n) is 13.4. The van der Waals surface area contributed by atoms with Crippen molar-refractivity contribution in [3.8, 4) is 12.1 Å². The fraction of sp³-hybridized carbons (Fsp3) is 0.556. The third-order valence-corrected chi connectivity index (χ3v) is 4.73. The summed E-state index contributed by atoms with van der Waals surface area (Å²) in [6, 6.07) is 9.89. The maximum absolute atomic E-state index is 9.39. The molecule has 0 unspecified atom stereocenters. The number of ether oxygens (including phenoxy) is 1. The molecule has 1 atom stereocenters. The van der Waals surface area contributed by atoms with Gasteiger partial charge < -0.3 is 9.64 Å². The molecule has 23 heavy (non-hydrogen) atoms. The Morgan fingerprint density at radius 2 is 1.78 bits per heavy atom. The van der Waals surface area contributed by atoms with Gasteiger partial charge in [-0.2, -0.15) is 10.5 Å². The number of morpholine rings is 1. The van der Waals surface area contributed by atoms with Gasteiger partial charge in [0.1, 0.15) is 12.1 Å². The summed E-state index contributed by atoms with van der Waals surface area (Å²) in [5.41, 5.74) is 2.04. The molecule has 2 heterocycles. The van der Waals surface area contributed by atoms with E-state index in [1.165, 1.54) is 6.42 Å². The molecule has 1 aromatic carbocycles. The van der Waals surface area contributed by atoms with Gasteiger partial charge >= 0.3 is 0 Å². The van der Waals surface area contributed by atoms with Crippen LogP contribution in [0.3, 0.4) is 0 Å². The maximum Gasteiger partial charge on any atom is 0.101 e. The molecule has 3 rings (SSSR count). The first kappa shape index (κ1) is 15.8. The van der Waals surface area contributed by atoms with Crippen molar-refractivity contribution in [3.05, 3.63) is 29.3 Å². The van der Waals surface area contributed by atoms with Crippen LogP contribution in [0.25, 0.3) is 0 Å². The molecular weight excluding hydrogens is 288 g/mol. The molecule has 0 radical (unpaired) electrons. The Morgan fingerprint density at radius 3 is 2.43 bits per heavy atom. The molecule has 0 aromatic heterocycles. The monoisotopic (exact) mass is 310 g/mol. The van der Waals surface area contributed by atoms with E-state index in [0.29, 0.717) is 17.0 Å². The highest BCUT2D eigenvalue weighted by Gasteiger charge is 2.26. The maximum atomic E-state index is 9.39. The highest BCUT2D eigenvalue weighted by molar-refractivity contribution is 5.68. The third-order valence-electron chi connectivity index (χ3n) is 4.73. The van der Waals surface area contributed by atoms with Gasteiger partial charge in [-0.15, -0.1) is 0 Å². The fourth-order valence-corrected chi connectivity index (χ4v) is 3.63. The molecule has 2 fully saturated rings. The van der Waals surface area contributed by atoms with Crippen LogP contribution in [0.2, 0.25) is 0 Å². The zero-order valence-corrected chi connectivity index (χ0v) is 13.4. The van der Waals surface area contributed by atoms with Crippen molar-refractivity contribution in [3.63, 3.8) is 0 Å². The Morgan fingerprint density at radius 1 is 1.09 bits per heavy atom. The molecule has 5 nitrogen and oxygen atoms in total. The minimum atomic E-state index is 0.583. The first-order valence-corrected chi connectivity index (χ1v) is 8.30. The second kappa shape index (κ2) is 7.46. The Balaban J connectivity index is 1.74. The molecule has 0 amide bonds. The van der Waals surface area contributed by atoms with E-state index in [-0.39, 0.29) is 0 Å². The second-order valence-electron chi connectivity index (χ2n) is 6.29. The number of rotatable bonds is 3. The van der Waals surface area contributed by atoms with E-state index in [4.69, 9.17) is 4.74 Å². The number of piperidine rings is 1. The lowest BCUT2D eigenvalue weighted by Crippen LogP contribution is -2.44. The van der Waals surface area contributed by atoms with Crippen LogP contribution in [0.4, 0.5) is 5.69 Å². The number of hydrogen-bond acceptors (Lipinski definition) is 5. The van der Waals surface area contributed by atoms with Crippen molar-refractivity contribution >= 4 is 5.69 Å². The normalized spacial score (nSPS) is 22.3. The van der Waals surface area contributed by atoms with Crippen LogP contribution in [0, 0.1) is 28.6 Å². The van der Waals surface area contributed by atoms with E-state index in [1.54, 1.807) is 6.07 Å². The Labute approximate surface area is 137 Å². The van der Waals surface area contributed by atoms with Gasteiger partial charge in [-0.1, -0.05) is 6.07 Å². The Kier molecular flexibility index (Phi) is 5.12. The SMILES string of the molecule is N#Cc1cccc(C#N)c1N1CCC[C@H](CN2CCOCC2)C1. The molecule has 2 aliphatic heterocycles. The molecule has 0 N–H and O–H groups in total. The van der Waals surface area contributed by atoms with Crippen LogP contribution >= 0.6 is 0 Å². The van der Waals surface area contributed by atoms with Crippen LogP contribution in [0.5, 0.6) is 0 Å². The number of anilines is 1. The predicted molar refractivity (Wildman–Crippen MR) is 88.1 cm³/mol. The molecule has 2 aliphatic rings. The van der Waals surface area contributed by atoms with Crippen molar-refractivity contribution in [2.45, 2.75) is 12.8 Å². The van der Waals surface area contributed by atoms with Crippen molar-refractivity contribution in [1.29, 1.82) is 10.5 Å². The summed E-state index contributed by atoms with van der Waals surface area (Å²) >= 11 is 0. The number of benzene rings is 1. The second-order valence-corrected chi connectivity index (χ2v) is 6.29. The summed E-state index contributed by atoms with van der Waals surface area (Å²) in [6.07, 6.45) is 2.32. The van der Waals surface area contributed by atoms with Gasteiger partial charge in [0.25, 0.3) is 0 Å². The largest absolute Gasteiger partial charge is 0.379 e. The highest BCUT2D eigenvalue weighted by atomic mass is 16.5. The van der Waals surface area contributed by atoms with Gasteiger partial charge in [-0.3, -0.25) is 4.90 Å². The van der Waals surface area contributed by atoms with Crippen LogP contribution in [-0.4, -0.2) is 50.8 Å². The van der Waals surface area contributed by atoms with E-state index < -0.39 is 0 Å².